The van der Waals surface area contributed by atoms with E-state index in [0.717, 1.165) is 15.7 Å². The second kappa shape index (κ2) is 5.25. The van der Waals surface area contributed by atoms with Gasteiger partial charge in [-0.3, -0.25) is 0 Å². The topological polar surface area (TPSA) is 69.6 Å². The van der Waals surface area contributed by atoms with Crippen molar-refractivity contribution < 1.29 is 4.39 Å². The van der Waals surface area contributed by atoms with Gasteiger partial charge in [-0.25, -0.2) is 4.39 Å². The third kappa shape index (κ3) is 2.40. The van der Waals surface area contributed by atoms with E-state index in [0.29, 0.717) is 11.4 Å². The monoisotopic (exact) mass is 347 g/mol. The summed E-state index contributed by atoms with van der Waals surface area (Å²) < 4.78 is 15.6. The molecule has 0 unspecified atom stereocenters. The number of hydrogen-bond donors (Lipinski definition) is 1. The lowest BCUT2D eigenvalue weighted by Crippen LogP contribution is -2.03. The van der Waals surface area contributed by atoms with E-state index < -0.39 is 5.82 Å². The molecule has 0 aliphatic rings. The van der Waals surface area contributed by atoms with Gasteiger partial charge in [-0.2, -0.15) is 4.68 Å². The average Bonchev–Trinajstić information content (AvgIpc) is 2.91. The van der Waals surface area contributed by atoms with Crippen LogP contribution in [-0.2, 0) is 0 Å². The van der Waals surface area contributed by atoms with Gasteiger partial charge >= 0.3 is 0 Å². The lowest BCUT2D eigenvalue weighted by atomic mass is 10.1. The Kier molecular flexibility index (Phi) is 3.42. The Morgan fingerprint density at radius 1 is 1.24 bits per heavy atom. The van der Waals surface area contributed by atoms with E-state index in [1.54, 1.807) is 10.7 Å². The maximum atomic E-state index is 13.2. The average molecular weight is 348 g/mol. The van der Waals surface area contributed by atoms with E-state index in [4.69, 9.17) is 5.73 Å². The van der Waals surface area contributed by atoms with Gasteiger partial charge < -0.3 is 5.73 Å². The Morgan fingerprint density at radius 2 is 2.05 bits per heavy atom. The quantitative estimate of drug-likeness (QED) is 0.723. The van der Waals surface area contributed by atoms with E-state index in [9.17, 15) is 4.39 Å². The van der Waals surface area contributed by atoms with Crippen molar-refractivity contribution in [3.8, 4) is 17.1 Å². The Labute approximate surface area is 128 Å². The zero-order valence-corrected chi connectivity index (χ0v) is 12.7. The summed E-state index contributed by atoms with van der Waals surface area (Å²) in [6.45, 7) is 1.98. The Balaban J connectivity index is 2.20. The molecule has 3 rings (SSSR count). The van der Waals surface area contributed by atoms with Gasteiger partial charge in [0.2, 0.25) is 0 Å². The number of nitrogens with two attached hydrogens (primary N) is 1. The first kappa shape index (κ1) is 13.7. The number of tetrazole rings is 1. The fourth-order valence-electron chi connectivity index (χ4n) is 2.05. The molecule has 2 aromatic carbocycles. The summed E-state index contributed by atoms with van der Waals surface area (Å²) in [5, 5.41) is 11.7. The molecule has 21 heavy (non-hydrogen) atoms. The van der Waals surface area contributed by atoms with E-state index in [-0.39, 0.29) is 5.69 Å². The highest BCUT2D eigenvalue weighted by atomic mass is 79.9. The van der Waals surface area contributed by atoms with Crippen LogP contribution in [0, 0.1) is 12.7 Å². The molecule has 0 saturated heterocycles. The van der Waals surface area contributed by atoms with E-state index >= 15 is 0 Å². The summed E-state index contributed by atoms with van der Waals surface area (Å²) >= 11 is 3.53. The summed E-state index contributed by atoms with van der Waals surface area (Å²) in [6.07, 6.45) is 0. The maximum absolute atomic E-state index is 13.2. The standard InChI is InChI=1S/C14H11BrFN5/c1-8-3-2-4-12(13(8)15)21-14(18-19-20-21)10-6-5-9(16)7-11(10)17/h2-7H,17H2,1H3. The predicted molar refractivity (Wildman–Crippen MR) is 81.4 cm³/mol. The summed E-state index contributed by atoms with van der Waals surface area (Å²) in [5.74, 6) is 0.0609. The molecule has 1 aromatic heterocycles. The van der Waals surface area contributed by atoms with Crippen LogP contribution in [0.4, 0.5) is 10.1 Å². The minimum atomic E-state index is -0.396. The van der Waals surface area contributed by atoms with E-state index in [1.165, 1.54) is 12.1 Å². The van der Waals surface area contributed by atoms with Gasteiger partial charge in [-0.15, -0.1) is 5.10 Å². The van der Waals surface area contributed by atoms with Gasteiger partial charge in [-0.1, -0.05) is 12.1 Å². The van der Waals surface area contributed by atoms with Gasteiger partial charge in [0.05, 0.1) is 5.69 Å². The Morgan fingerprint density at radius 3 is 2.81 bits per heavy atom. The molecule has 0 aliphatic carbocycles. The second-order valence-electron chi connectivity index (χ2n) is 4.55. The van der Waals surface area contributed by atoms with Crippen molar-refractivity contribution in [2.75, 3.05) is 5.73 Å². The molecular weight excluding hydrogens is 337 g/mol. The van der Waals surface area contributed by atoms with Crippen molar-refractivity contribution in [2.24, 2.45) is 0 Å². The molecule has 0 fully saturated rings. The van der Waals surface area contributed by atoms with E-state index in [2.05, 4.69) is 31.5 Å². The number of nitrogens with zero attached hydrogens (tertiary/aromatic N) is 4. The van der Waals surface area contributed by atoms with Crippen LogP contribution in [0.5, 0.6) is 0 Å². The van der Waals surface area contributed by atoms with Crippen LogP contribution in [0.25, 0.3) is 17.1 Å². The minimum Gasteiger partial charge on any atom is -0.398 e. The van der Waals surface area contributed by atoms with Crippen molar-refractivity contribution in [3.05, 3.63) is 52.3 Å². The normalized spacial score (nSPS) is 10.8. The molecule has 1 heterocycles. The molecule has 0 atom stereocenters. The lowest BCUT2D eigenvalue weighted by Gasteiger charge is -2.10. The summed E-state index contributed by atoms with van der Waals surface area (Å²) in [7, 11) is 0. The highest BCUT2D eigenvalue weighted by molar-refractivity contribution is 9.10. The van der Waals surface area contributed by atoms with Crippen LogP contribution in [0.3, 0.4) is 0 Å². The van der Waals surface area contributed by atoms with Crippen LogP contribution in [0.15, 0.2) is 40.9 Å². The molecule has 5 nitrogen and oxygen atoms in total. The SMILES string of the molecule is Cc1cccc(-n2nnnc2-c2ccc(F)cc2N)c1Br. The number of benzene rings is 2. The first-order valence-corrected chi connectivity index (χ1v) is 6.96. The predicted octanol–water partition coefficient (Wildman–Crippen LogP) is 3.12. The molecular formula is C14H11BrFN5. The van der Waals surface area contributed by atoms with Crippen molar-refractivity contribution in [2.45, 2.75) is 6.92 Å². The third-order valence-electron chi connectivity index (χ3n) is 3.12. The number of rotatable bonds is 2. The number of nitrogen functional groups attached to an aromatic ring is 1. The smallest absolute Gasteiger partial charge is 0.189 e. The minimum absolute atomic E-state index is 0.287. The van der Waals surface area contributed by atoms with Crippen molar-refractivity contribution in [1.29, 1.82) is 0 Å². The zero-order chi connectivity index (χ0) is 15.0. The van der Waals surface area contributed by atoms with Gasteiger partial charge in [-0.05, 0) is 63.1 Å². The van der Waals surface area contributed by atoms with Crippen molar-refractivity contribution in [1.82, 2.24) is 20.2 Å². The van der Waals surface area contributed by atoms with Crippen LogP contribution >= 0.6 is 15.9 Å². The van der Waals surface area contributed by atoms with Crippen LogP contribution in [-0.4, -0.2) is 20.2 Å². The van der Waals surface area contributed by atoms with Gasteiger partial charge in [0.25, 0.3) is 0 Å². The maximum Gasteiger partial charge on any atom is 0.189 e. The fraction of sp³-hybridized carbons (Fsp3) is 0.0714. The number of aryl methyl sites for hydroxylation is 1. The number of aromatic nitrogens is 4. The molecule has 0 amide bonds. The lowest BCUT2D eigenvalue weighted by molar-refractivity contribution is 0.628. The highest BCUT2D eigenvalue weighted by Gasteiger charge is 2.16. The number of anilines is 1. The summed E-state index contributed by atoms with van der Waals surface area (Å²) in [6, 6.07) is 9.92. The first-order valence-electron chi connectivity index (χ1n) is 6.17. The number of halogens is 2. The van der Waals surface area contributed by atoms with Gasteiger partial charge in [0.1, 0.15) is 5.82 Å². The van der Waals surface area contributed by atoms with E-state index in [1.807, 2.05) is 25.1 Å². The Hall–Kier alpha value is -2.28. The molecule has 2 N–H and O–H groups in total. The Bertz CT molecular complexity index is 815. The van der Waals surface area contributed by atoms with Crippen molar-refractivity contribution in [3.63, 3.8) is 0 Å². The molecule has 0 aliphatic heterocycles. The largest absolute Gasteiger partial charge is 0.398 e. The second-order valence-corrected chi connectivity index (χ2v) is 5.35. The molecule has 0 saturated carbocycles. The van der Waals surface area contributed by atoms with Crippen LogP contribution in [0.2, 0.25) is 0 Å². The zero-order valence-electron chi connectivity index (χ0n) is 11.1. The highest BCUT2D eigenvalue weighted by Crippen LogP contribution is 2.30. The molecule has 0 bridgehead atoms. The fourth-order valence-corrected chi connectivity index (χ4v) is 2.48. The third-order valence-corrected chi connectivity index (χ3v) is 4.16. The number of hydrogen-bond acceptors (Lipinski definition) is 4. The molecule has 0 radical (unpaired) electrons. The van der Waals surface area contributed by atoms with Gasteiger partial charge in [0.15, 0.2) is 5.82 Å². The van der Waals surface area contributed by atoms with Crippen LogP contribution < -0.4 is 5.73 Å². The summed E-state index contributed by atoms with van der Waals surface area (Å²) in [5.41, 5.74) is 8.58. The molecule has 0 spiro atoms. The molecule has 106 valence electrons. The summed E-state index contributed by atoms with van der Waals surface area (Å²) in [4.78, 5) is 0. The van der Waals surface area contributed by atoms with Crippen LogP contribution in [0.1, 0.15) is 5.56 Å². The van der Waals surface area contributed by atoms with Gasteiger partial charge in [0, 0.05) is 15.7 Å². The molecule has 7 heteroatoms. The first-order chi connectivity index (χ1) is 10.1. The molecule has 3 aromatic rings. The van der Waals surface area contributed by atoms with Crippen molar-refractivity contribution >= 4 is 21.6 Å².